The van der Waals surface area contributed by atoms with E-state index in [4.69, 9.17) is 5.73 Å². The molecule has 6 heteroatoms. The van der Waals surface area contributed by atoms with Crippen LogP contribution in [0.15, 0.2) is 18.2 Å². The number of benzene rings is 1. The number of rotatable bonds is 4. The van der Waals surface area contributed by atoms with Gasteiger partial charge in [-0.15, -0.1) is 0 Å². The van der Waals surface area contributed by atoms with Crippen molar-refractivity contribution in [2.75, 3.05) is 11.5 Å². The average Bonchev–Trinajstić information content (AvgIpc) is 2.44. The minimum Gasteiger partial charge on any atom is -0.504 e. The topological polar surface area (TPSA) is 95.6 Å². The van der Waals surface area contributed by atoms with E-state index >= 15 is 0 Å². The normalized spacial score (nSPS) is 20.4. The summed E-state index contributed by atoms with van der Waals surface area (Å²) in [7, 11) is 0. The molecule has 110 valence electrons. The maximum absolute atomic E-state index is 12.0. The van der Waals surface area contributed by atoms with Crippen molar-refractivity contribution in [3.05, 3.63) is 23.8 Å². The highest BCUT2D eigenvalue weighted by atomic mass is 32.2. The van der Waals surface area contributed by atoms with E-state index in [1.54, 1.807) is 6.07 Å². The van der Waals surface area contributed by atoms with Gasteiger partial charge in [0.2, 0.25) is 5.91 Å². The van der Waals surface area contributed by atoms with Gasteiger partial charge in [-0.25, -0.2) is 0 Å². The molecule has 0 spiro atoms. The lowest BCUT2D eigenvalue weighted by atomic mass is 10.0. The van der Waals surface area contributed by atoms with E-state index in [2.05, 4.69) is 5.32 Å². The molecule has 5 N–H and O–H groups in total. The van der Waals surface area contributed by atoms with E-state index in [-0.39, 0.29) is 23.4 Å². The van der Waals surface area contributed by atoms with Gasteiger partial charge in [0.05, 0.1) is 6.04 Å². The molecule has 1 aliphatic rings. The van der Waals surface area contributed by atoms with Crippen LogP contribution in [-0.4, -0.2) is 39.7 Å². The standard InChI is InChI=1S/C14H20N2O3S/c15-11(6-9-3-4-12(17)13(18)7-9)14(19)16-10-2-1-5-20-8-10/h3-4,7,10-11,17-18H,1-2,5-6,8,15H2,(H,16,19)/t10?,11-/m0/s1. The highest BCUT2D eigenvalue weighted by Crippen LogP contribution is 2.25. The van der Waals surface area contributed by atoms with Crippen molar-refractivity contribution in [3.8, 4) is 11.5 Å². The van der Waals surface area contributed by atoms with Gasteiger partial charge in [0.25, 0.3) is 0 Å². The summed E-state index contributed by atoms with van der Waals surface area (Å²) in [5.41, 5.74) is 6.61. The summed E-state index contributed by atoms with van der Waals surface area (Å²) in [6, 6.07) is 4.04. The lowest BCUT2D eigenvalue weighted by molar-refractivity contribution is -0.122. The molecule has 1 heterocycles. The molecule has 0 aliphatic carbocycles. The van der Waals surface area contributed by atoms with Crippen LogP contribution in [0.4, 0.5) is 0 Å². The molecule has 0 aromatic heterocycles. The van der Waals surface area contributed by atoms with Crippen LogP contribution in [-0.2, 0) is 11.2 Å². The highest BCUT2D eigenvalue weighted by Gasteiger charge is 2.20. The number of aromatic hydroxyl groups is 2. The van der Waals surface area contributed by atoms with Gasteiger partial charge < -0.3 is 21.3 Å². The second kappa shape index (κ2) is 6.85. The Labute approximate surface area is 122 Å². The number of amides is 1. The maximum atomic E-state index is 12.0. The van der Waals surface area contributed by atoms with Crippen molar-refractivity contribution in [2.24, 2.45) is 5.73 Å². The maximum Gasteiger partial charge on any atom is 0.237 e. The van der Waals surface area contributed by atoms with Gasteiger partial charge in [0.15, 0.2) is 11.5 Å². The predicted octanol–water partition coefficient (Wildman–Crippen LogP) is 0.979. The van der Waals surface area contributed by atoms with E-state index < -0.39 is 6.04 Å². The number of hydrogen-bond acceptors (Lipinski definition) is 5. The quantitative estimate of drug-likeness (QED) is 0.621. The average molecular weight is 296 g/mol. The first-order valence-electron chi connectivity index (χ1n) is 6.71. The van der Waals surface area contributed by atoms with Crippen molar-refractivity contribution >= 4 is 17.7 Å². The molecule has 1 saturated heterocycles. The molecule has 1 aliphatic heterocycles. The minimum atomic E-state index is -0.647. The van der Waals surface area contributed by atoms with Crippen molar-refractivity contribution in [3.63, 3.8) is 0 Å². The lowest BCUT2D eigenvalue weighted by Gasteiger charge is -2.24. The third-order valence-electron chi connectivity index (χ3n) is 3.34. The van der Waals surface area contributed by atoms with Crippen LogP contribution < -0.4 is 11.1 Å². The summed E-state index contributed by atoms with van der Waals surface area (Å²) in [5, 5.41) is 21.6. The Balaban J connectivity index is 1.88. The van der Waals surface area contributed by atoms with Gasteiger partial charge in [-0.3, -0.25) is 4.79 Å². The first kappa shape index (κ1) is 15.0. The predicted molar refractivity (Wildman–Crippen MR) is 79.9 cm³/mol. The summed E-state index contributed by atoms with van der Waals surface area (Å²) in [4.78, 5) is 12.0. The van der Waals surface area contributed by atoms with Crippen LogP contribution in [0, 0.1) is 0 Å². The molecule has 0 radical (unpaired) electrons. The molecular weight excluding hydrogens is 276 g/mol. The zero-order chi connectivity index (χ0) is 14.5. The molecule has 1 aromatic rings. The summed E-state index contributed by atoms with van der Waals surface area (Å²) in [6.07, 6.45) is 2.46. The molecule has 5 nitrogen and oxygen atoms in total. The SMILES string of the molecule is N[C@@H](Cc1ccc(O)c(O)c1)C(=O)NC1CCCSC1. The Morgan fingerprint density at radius 1 is 1.45 bits per heavy atom. The Bertz CT molecular complexity index is 475. The van der Waals surface area contributed by atoms with E-state index in [0.29, 0.717) is 6.42 Å². The summed E-state index contributed by atoms with van der Waals surface area (Å²) >= 11 is 1.85. The Kier molecular flexibility index (Phi) is 5.14. The van der Waals surface area contributed by atoms with E-state index in [1.807, 2.05) is 11.8 Å². The fourth-order valence-electron chi connectivity index (χ4n) is 2.21. The van der Waals surface area contributed by atoms with Gasteiger partial charge in [-0.05, 0) is 42.7 Å². The zero-order valence-electron chi connectivity index (χ0n) is 11.2. The number of nitrogens with two attached hydrogens (primary N) is 1. The molecule has 1 fully saturated rings. The summed E-state index contributed by atoms with van der Waals surface area (Å²) < 4.78 is 0. The number of carbonyl (C=O) groups excluding carboxylic acids is 1. The van der Waals surface area contributed by atoms with Gasteiger partial charge >= 0.3 is 0 Å². The van der Waals surface area contributed by atoms with Gasteiger partial charge in [-0.2, -0.15) is 11.8 Å². The molecule has 20 heavy (non-hydrogen) atoms. The van der Waals surface area contributed by atoms with E-state index in [9.17, 15) is 15.0 Å². The zero-order valence-corrected chi connectivity index (χ0v) is 12.0. The van der Waals surface area contributed by atoms with Crippen molar-refractivity contribution in [1.29, 1.82) is 0 Å². The van der Waals surface area contributed by atoms with E-state index in [1.165, 1.54) is 12.1 Å². The van der Waals surface area contributed by atoms with Crippen molar-refractivity contribution < 1.29 is 15.0 Å². The van der Waals surface area contributed by atoms with Crippen LogP contribution >= 0.6 is 11.8 Å². The fourth-order valence-corrected chi connectivity index (χ4v) is 3.28. The number of phenolic OH excluding ortho intramolecular Hbond substituents is 2. The number of phenols is 2. The van der Waals surface area contributed by atoms with Gasteiger partial charge in [0, 0.05) is 11.8 Å². The highest BCUT2D eigenvalue weighted by molar-refractivity contribution is 7.99. The van der Waals surface area contributed by atoms with Crippen LogP contribution in [0.5, 0.6) is 11.5 Å². The van der Waals surface area contributed by atoms with Crippen molar-refractivity contribution in [1.82, 2.24) is 5.32 Å². The third-order valence-corrected chi connectivity index (χ3v) is 4.55. The minimum absolute atomic E-state index is 0.162. The molecule has 1 unspecified atom stereocenters. The first-order chi connectivity index (χ1) is 9.56. The summed E-state index contributed by atoms with van der Waals surface area (Å²) in [5.74, 6) is 1.57. The molecular formula is C14H20N2O3S. The molecule has 1 aromatic carbocycles. The third kappa shape index (κ3) is 4.05. The van der Waals surface area contributed by atoms with Crippen LogP contribution in [0.1, 0.15) is 18.4 Å². The number of nitrogens with one attached hydrogen (secondary N) is 1. The van der Waals surface area contributed by atoms with E-state index in [0.717, 1.165) is 29.9 Å². The number of thioether (sulfide) groups is 1. The second-order valence-corrected chi connectivity index (χ2v) is 6.21. The van der Waals surface area contributed by atoms with Crippen molar-refractivity contribution in [2.45, 2.75) is 31.3 Å². The lowest BCUT2D eigenvalue weighted by Crippen LogP contribution is -2.47. The Hall–Kier alpha value is -1.40. The molecule has 1 amide bonds. The second-order valence-electron chi connectivity index (χ2n) is 5.06. The molecule has 0 bridgehead atoms. The van der Waals surface area contributed by atoms with Crippen LogP contribution in [0.3, 0.4) is 0 Å². The molecule has 0 saturated carbocycles. The monoisotopic (exact) mass is 296 g/mol. The van der Waals surface area contributed by atoms with Gasteiger partial charge in [-0.1, -0.05) is 6.07 Å². The number of hydrogen-bond donors (Lipinski definition) is 4. The molecule has 2 rings (SSSR count). The van der Waals surface area contributed by atoms with Gasteiger partial charge in [0.1, 0.15) is 0 Å². The smallest absolute Gasteiger partial charge is 0.237 e. The largest absolute Gasteiger partial charge is 0.504 e. The van der Waals surface area contributed by atoms with Crippen LogP contribution in [0.25, 0.3) is 0 Å². The summed E-state index contributed by atoms with van der Waals surface area (Å²) in [6.45, 7) is 0. The fraction of sp³-hybridized carbons (Fsp3) is 0.500. The Morgan fingerprint density at radius 2 is 2.25 bits per heavy atom. The molecule has 2 atom stereocenters. The van der Waals surface area contributed by atoms with Crippen LogP contribution in [0.2, 0.25) is 0 Å². The first-order valence-corrected chi connectivity index (χ1v) is 7.86. The Morgan fingerprint density at radius 3 is 2.90 bits per heavy atom. The number of carbonyl (C=O) groups is 1.